The van der Waals surface area contributed by atoms with Crippen LogP contribution in [-0.2, 0) is 0 Å². The van der Waals surface area contributed by atoms with E-state index in [1.807, 2.05) is 0 Å². The molecule has 6 nitrogen and oxygen atoms in total. The Bertz CT molecular complexity index is 1330. The quantitative estimate of drug-likeness (QED) is 0.455. The highest BCUT2D eigenvalue weighted by Crippen LogP contribution is 2.27. The number of amides is 1. The highest BCUT2D eigenvalue weighted by Gasteiger charge is 2.14. The maximum Gasteiger partial charge on any atom is 0.259 e. The number of ether oxygens (including phenoxy) is 2. The molecule has 7 heteroatoms. The Morgan fingerprint density at radius 2 is 1.71 bits per heavy atom. The van der Waals surface area contributed by atoms with Crippen molar-refractivity contribution in [1.82, 2.24) is 0 Å². The molecule has 1 amide bonds. The lowest BCUT2D eigenvalue weighted by Gasteiger charge is -2.10. The Labute approximate surface area is 183 Å². The van der Waals surface area contributed by atoms with Crippen LogP contribution in [0.4, 0.5) is 5.69 Å². The van der Waals surface area contributed by atoms with E-state index in [0.717, 1.165) is 0 Å². The van der Waals surface area contributed by atoms with Gasteiger partial charge in [0.2, 0.25) is 0 Å². The maximum atomic E-state index is 12.6. The number of hydrogen-bond acceptors (Lipinski definition) is 5. The van der Waals surface area contributed by atoms with Crippen molar-refractivity contribution in [2.45, 2.75) is 0 Å². The second-order valence-electron chi connectivity index (χ2n) is 6.71. The van der Waals surface area contributed by atoms with E-state index in [1.165, 1.54) is 13.2 Å². The standard InChI is InChI=1S/C24H18ClNO5/c1-29-17-8-10-22-18(12-17)20(27)13-23(31-22)14-3-6-16(7-4-14)26-24(28)19-11-15(25)5-9-21(19)30-2/h3-13H,1-2H3,(H,26,28). The second-order valence-corrected chi connectivity index (χ2v) is 7.15. The topological polar surface area (TPSA) is 77.8 Å². The molecule has 0 bridgehead atoms. The van der Waals surface area contributed by atoms with Crippen LogP contribution < -0.4 is 20.2 Å². The number of rotatable bonds is 5. The number of halogens is 1. The average Bonchev–Trinajstić information content (AvgIpc) is 2.79. The Morgan fingerprint density at radius 1 is 0.935 bits per heavy atom. The number of carbonyl (C=O) groups excluding carboxylic acids is 1. The molecular weight excluding hydrogens is 418 g/mol. The summed E-state index contributed by atoms with van der Waals surface area (Å²) in [7, 11) is 3.03. The largest absolute Gasteiger partial charge is 0.497 e. The zero-order valence-corrected chi connectivity index (χ0v) is 17.5. The summed E-state index contributed by atoms with van der Waals surface area (Å²) in [6, 6.07) is 18.3. The van der Waals surface area contributed by atoms with Gasteiger partial charge in [0, 0.05) is 22.3 Å². The van der Waals surface area contributed by atoms with E-state index in [9.17, 15) is 9.59 Å². The summed E-state index contributed by atoms with van der Waals surface area (Å²) in [5.41, 5.74) is 1.90. The van der Waals surface area contributed by atoms with Crippen LogP contribution in [0.5, 0.6) is 11.5 Å². The van der Waals surface area contributed by atoms with E-state index < -0.39 is 0 Å². The van der Waals surface area contributed by atoms with Crippen LogP contribution in [0.15, 0.2) is 75.9 Å². The van der Waals surface area contributed by atoms with Crippen molar-refractivity contribution in [1.29, 1.82) is 0 Å². The monoisotopic (exact) mass is 435 g/mol. The van der Waals surface area contributed by atoms with E-state index in [0.29, 0.717) is 50.1 Å². The van der Waals surface area contributed by atoms with Gasteiger partial charge in [-0.05, 0) is 60.7 Å². The minimum Gasteiger partial charge on any atom is -0.497 e. The molecule has 0 aliphatic heterocycles. The molecule has 0 fully saturated rings. The highest BCUT2D eigenvalue weighted by molar-refractivity contribution is 6.31. The number of carbonyl (C=O) groups is 1. The summed E-state index contributed by atoms with van der Waals surface area (Å²) in [5.74, 6) is 1.09. The van der Waals surface area contributed by atoms with Gasteiger partial charge < -0.3 is 19.2 Å². The molecule has 0 aliphatic carbocycles. The van der Waals surface area contributed by atoms with Crippen LogP contribution in [-0.4, -0.2) is 20.1 Å². The molecule has 4 rings (SSSR count). The van der Waals surface area contributed by atoms with Crippen LogP contribution in [0, 0.1) is 0 Å². The molecule has 1 aromatic heterocycles. The van der Waals surface area contributed by atoms with Crippen LogP contribution in [0.3, 0.4) is 0 Å². The molecule has 4 aromatic rings. The first-order valence-corrected chi connectivity index (χ1v) is 9.73. The molecule has 0 saturated heterocycles. The molecule has 1 N–H and O–H groups in total. The third kappa shape index (κ3) is 4.25. The predicted molar refractivity (Wildman–Crippen MR) is 120 cm³/mol. The lowest BCUT2D eigenvalue weighted by atomic mass is 10.1. The summed E-state index contributed by atoms with van der Waals surface area (Å²) < 4.78 is 16.3. The molecule has 0 radical (unpaired) electrons. The number of nitrogens with one attached hydrogen (secondary N) is 1. The van der Waals surface area contributed by atoms with Gasteiger partial charge in [-0.25, -0.2) is 0 Å². The maximum absolute atomic E-state index is 12.6. The minimum absolute atomic E-state index is 0.166. The smallest absolute Gasteiger partial charge is 0.259 e. The van der Waals surface area contributed by atoms with E-state index >= 15 is 0 Å². The molecule has 0 unspecified atom stereocenters. The van der Waals surface area contributed by atoms with Gasteiger partial charge >= 0.3 is 0 Å². The van der Waals surface area contributed by atoms with Gasteiger partial charge in [-0.1, -0.05) is 11.6 Å². The number of anilines is 1. The lowest BCUT2D eigenvalue weighted by Crippen LogP contribution is -2.13. The molecular formula is C24H18ClNO5. The first-order valence-electron chi connectivity index (χ1n) is 9.36. The van der Waals surface area contributed by atoms with Crippen molar-refractivity contribution in [3.8, 4) is 22.8 Å². The molecule has 0 saturated carbocycles. The van der Waals surface area contributed by atoms with Crippen molar-refractivity contribution in [3.63, 3.8) is 0 Å². The number of hydrogen-bond donors (Lipinski definition) is 1. The third-order valence-corrected chi connectivity index (χ3v) is 5.00. The average molecular weight is 436 g/mol. The van der Waals surface area contributed by atoms with Gasteiger partial charge in [0.05, 0.1) is 25.2 Å². The van der Waals surface area contributed by atoms with Gasteiger partial charge in [0.15, 0.2) is 5.43 Å². The number of methoxy groups -OCH3 is 2. The summed E-state index contributed by atoms with van der Waals surface area (Å²) in [6.07, 6.45) is 0. The van der Waals surface area contributed by atoms with Crippen LogP contribution in [0.1, 0.15) is 10.4 Å². The second kappa shape index (κ2) is 8.53. The van der Waals surface area contributed by atoms with E-state index in [2.05, 4.69) is 5.32 Å². The normalized spacial score (nSPS) is 10.7. The molecule has 0 spiro atoms. The fourth-order valence-electron chi connectivity index (χ4n) is 3.18. The molecule has 31 heavy (non-hydrogen) atoms. The lowest BCUT2D eigenvalue weighted by molar-refractivity contribution is 0.102. The predicted octanol–water partition coefficient (Wildman–Crippen LogP) is 5.38. The first-order chi connectivity index (χ1) is 15.0. The van der Waals surface area contributed by atoms with Gasteiger partial charge in [-0.2, -0.15) is 0 Å². The van der Waals surface area contributed by atoms with Crippen LogP contribution >= 0.6 is 11.6 Å². The Morgan fingerprint density at radius 3 is 2.42 bits per heavy atom. The van der Waals surface area contributed by atoms with Crippen LogP contribution in [0.2, 0.25) is 5.02 Å². The zero-order valence-electron chi connectivity index (χ0n) is 16.8. The number of fused-ring (bicyclic) bond motifs is 1. The van der Waals surface area contributed by atoms with Crippen molar-refractivity contribution >= 4 is 34.2 Å². The highest BCUT2D eigenvalue weighted by atomic mass is 35.5. The van der Waals surface area contributed by atoms with Gasteiger partial charge in [0.1, 0.15) is 22.8 Å². The zero-order chi connectivity index (χ0) is 22.0. The molecule has 0 atom stereocenters. The first kappa shape index (κ1) is 20.5. The molecule has 3 aromatic carbocycles. The summed E-state index contributed by atoms with van der Waals surface area (Å²) in [4.78, 5) is 25.1. The van der Waals surface area contributed by atoms with Crippen molar-refractivity contribution < 1.29 is 18.7 Å². The van der Waals surface area contributed by atoms with Crippen molar-refractivity contribution in [3.05, 3.63) is 87.5 Å². The van der Waals surface area contributed by atoms with Crippen LogP contribution in [0.25, 0.3) is 22.3 Å². The van der Waals surface area contributed by atoms with Crippen molar-refractivity contribution in [2.24, 2.45) is 0 Å². The Hall–Kier alpha value is -3.77. The Kier molecular flexibility index (Phi) is 5.64. The fourth-order valence-corrected chi connectivity index (χ4v) is 3.35. The van der Waals surface area contributed by atoms with E-state index in [-0.39, 0.29) is 11.3 Å². The minimum atomic E-state index is -0.349. The fraction of sp³-hybridized carbons (Fsp3) is 0.0833. The van der Waals surface area contributed by atoms with Gasteiger partial charge in [-0.15, -0.1) is 0 Å². The summed E-state index contributed by atoms with van der Waals surface area (Å²) in [5, 5.41) is 3.69. The van der Waals surface area contributed by atoms with Gasteiger partial charge in [0.25, 0.3) is 5.91 Å². The SMILES string of the molecule is COc1ccc2oc(-c3ccc(NC(=O)c4cc(Cl)ccc4OC)cc3)cc(=O)c2c1. The number of benzene rings is 3. The third-order valence-electron chi connectivity index (χ3n) is 4.77. The van der Waals surface area contributed by atoms with E-state index in [1.54, 1.807) is 67.8 Å². The Balaban J connectivity index is 1.59. The van der Waals surface area contributed by atoms with E-state index in [4.69, 9.17) is 25.5 Å². The molecule has 1 heterocycles. The molecule has 0 aliphatic rings. The summed E-state index contributed by atoms with van der Waals surface area (Å²) >= 11 is 6.00. The summed E-state index contributed by atoms with van der Waals surface area (Å²) in [6.45, 7) is 0. The molecule has 156 valence electrons. The van der Waals surface area contributed by atoms with Crippen molar-refractivity contribution in [2.75, 3.05) is 19.5 Å². The van der Waals surface area contributed by atoms with Gasteiger partial charge in [-0.3, -0.25) is 9.59 Å².